The van der Waals surface area contributed by atoms with Gasteiger partial charge in [-0.05, 0) is 30.5 Å². The summed E-state index contributed by atoms with van der Waals surface area (Å²) in [6.45, 7) is 3.84. The topological polar surface area (TPSA) is 38.9 Å². The number of pyridine rings is 1. The zero-order valence-electron chi connectivity index (χ0n) is 11.4. The Morgan fingerprint density at radius 1 is 1.26 bits per heavy atom. The standard InChI is InChI=1S/C16H19FN2/c1-3-12-7-8-13(19-10-12)9-15(18)14-6-4-5-11(2)16(14)17/h4-8,10,15H,3,9,18H2,1-2H3. The highest BCUT2D eigenvalue weighted by Gasteiger charge is 2.13. The second kappa shape index (κ2) is 5.93. The van der Waals surface area contributed by atoms with Crippen molar-refractivity contribution < 1.29 is 4.39 Å². The lowest BCUT2D eigenvalue weighted by molar-refractivity contribution is 0.571. The monoisotopic (exact) mass is 258 g/mol. The van der Waals surface area contributed by atoms with Crippen molar-refractivity contribution in [3.63, 3.8) is 0 Å². The van der Waals surface area contributed by atoms with Crippen LogP contribution in [0.25, 0.3) is 0 Å². The van der Waals surface area contributed by atoms with Crippen molar-refractivity contribution in [3.05, 3.63) is 64.7 Å². The molecule has 0 aliphatic heterocycles. The molecule has 0 radical (unpaired) electrons. The summed E-state index contributed by atoms with van der Waals surface area (Å²) >= 11 is 0. The van der Waals surface area contributed by atoms with Crippen LogP contribution >= 0.6 is 0 Å². The van der Waals surface area contributed by atoms with Crippen molar-refractivity contribution in [1.29, 1.82) is 0 Å². The number of nitrogens with two attached hydrogens (primary N) is 1. The number of aryl methyl sites for hydroxylation is 2. The van der Waals surface area contributed by atoms with Gasteiger partial charge in [0.15, 0.2) is 0 Å². The Hall–Kier alpha value is -1.74. The van der Waals surface area contributed by atoms with Crippen LogP contribution in [0.3, 0.4) is 0 Å². The highest BCUT2D eigenvalue weighted by molar-refractivity contribution is 5.28. The molecule has 1 unspecified atom stereocenters. The Labute approximate surface area is 113 Å². The third kappa shape index (κ3) is 3.18. The van der Waals surface area contributed by atoms with Gasteiger partial charge in [0.1, 0.15) is 5.82 Å². The number of hydrogen-bond donors (Lipinski definition) is 1. The van der Waals surface area contributed by atoms with E-state index in [-0.39, 0.29) is 11.9 Å². The molecule has 2 nitrogen and oxygen atoms in total. The molecule has 2 rings (SSSR count). The molecule has 1 heterocycles. The molecule has 2 N–H and O–H groups in total. The molecule has 100 valence electrons. The molecule has 2 aromatic rings. The molecule has 0 saturated carbocycles. The van der Waals surface area contributed by atoms with E-state index in [0.29, 0.717) is 17.5 Å². The number of halogens is 1. The maximum Gasteiger partial charge on any atom is 0.130 e. The first kappa shape index (κ1) is 13.7. The van der Waals surface area contributed by atoms with E-state index >= 15 is 0 Å². The third-order valence-electron chi connectivity index (χ3n) is 3.34. The maximum atomic E-state index is 14.0. The molecule has 0 spiro atoms. The predicted octanol–water partition coefficient (Wildman–Crippen LogP) is 3.33. The van der Waals surface area contributed by atoms with Crippen molar-refractivity contribution in [2.45, 2.75) is 32.7 Å². The summed E-state index contributed by atoms with van der Waals surface area (Å²) < 4.78 is 14.0. The van der Waals surface area contributed by atoms with Gasteiger partial charge >= 0.3 is 0 Å². The van der Waals surface area contributed by atoms with E-state index in [1.807, 2.05) is 24.4 Å². The molecule has 0 aliphatic carbocycles. The Morgan fingerprint density at radius 2 is 2.05 bits per heavy atom. The molecule has 0 aliphatic rings. The van der Waals surface area contributed by atoms with E-state index in [4.69, 9.17) is 5.73 Å². The average Bonchev–Trinajstić information content (AvgIpc) is 2.42. The maximum absolute atomic E-state index is 14.0. The van der Waals surface area contributed by atoms with Crippen LogP contribution in [0.2, 0.25) is 0 Å². The van der Waals surface area contributed by atoms with E-state index in [9.17, 15) is 4.39 Å². The van der Waals surface area contributed by atoms with Gasteiger partial charge in [-0.1, -0.05) is 31.2 Å². The van der Waals surface area contributed by atoms with Gasteiger partial charge in [-0.15, -0.1) is 0 Å². The van der Waals surface area contributed by atoms with Crippen molar-refractivity contribution in [2.24, 2.45) is 5.73 Å². The van der Waals surface area contributed by atoms with Crippen LogP contribution in [-0.4, -0.2) is 4.98 Å². The first-order chi connectivity index (χ1) is 9.11. The van der Waals surface area contributed by atoms with E-state index in [1.54, 1.807) is 19.1 Å². The minimum absolute atomic E-state index is 0.208. The smallest absolute Gasteiger partial charge is 0.130 e. The molecule has 0 bridgehead atoms. The number of benzene rings is 1. The van der Waals surface area contributed by atoms with Crippen LogP contribution in [0.15, 0.2) is 36.5 Å². The Kier molecular flexibility index (Phi) is 4.27. The highest BCUT2D eigenvalue weighted by atomic mass is 19.1. The van der Waals surface area contributed by atoms with Crippen molar-refractivity contribution in [3.8, 4) is 0 Å². The SMILES string of the molecule is CCc1ccc(CC(N)c2cccc(C)c2F)nc1. The molecule has 1 atom stereocenters. The molecule has 0 fully saturated rings. The zero-order valence-corrected chi connectivity index (χ0v) is 11.4. The quantitative estimate of drug-likeness (QED) is 0.913. The van der Waals surface area contributed by atoms with Gasteiger partial charge in [-0.25, -0.2) is 4.39 Å². The normalized spacial score (nSPS) is 12.4. The molecule has 1 aromatic carbocycles. The van der Waals surface area contributed by atoms with Crippen molar-refractivity contribution in [2.75, 3.05) is 0 Å². The Balaban J connectivity index is 2.15. The lowest BCUT2D eigenvalue weighted by Gasteiger charge is -2.14. The predicted molar refractivity (Wildman–Crippen MR) is 75.4 cm³/mol. The second-order valence-corrected chi connectivity index (χ2v) is 4.80. The van der Waals surface area contributed by atoms with Crippen LogP contribution in [-0.2, 0) is 12.8 Å². The fraction of sp³-hybridized carbons (Fsp3) is 0.312. The second-order valence-electron chi connectivity index (χ2n) is 4.80. The van der Waals surface area contributed by atoms with Gasteiger partial charge in [0.05, 0.1) is 0 Å². The fourth-order valence-electron chi connectivity index (χ4n) is 2.08. The summed E-state index contributed by atoms with van der Waals surface area (Å²) in [5.41, 5.74) is 9.36. The molecular formula is C16H19FN2. The van der Waals surface area contributed by atoms with Gasteiger partial charge in [-0.2, -0.15) is 0 Å². The van der Waals surface area contributed by atoms with Crippen LogP contribution in [0, 0.1) is 12.7 Å². The first-order valence-electron chi connectivity index (χ1n) is 6.56. The number of rotatable bonds is 4. The minimum Gasteiger partial charge on any atom is -0.324 e. The van der Waals surface area contributed by atoms with Crippen LogP contribution < -0.4 is 5.73 Å². The minimum atomic E-state index is -0.361. The van der Waals surface area contributed by atoms with Gasteiger partial charge in [-0.3, -0.25) is 4.98 Å². The number of aromatic nitrogens is 1. The van der Waals surface area contributed by atoms with Gasteiger partial charge < -0.3 is 5.73 Å². The molecule has 0 amide bonds. The Bertz CT molecular complexity index is 549. The van der Waals surface area contributed by atoms with E-state index in [2.05, 4.69) is 11.9 Å². The third-order valence-corrected chi connectivity index (χ3v) is 3.34. The van der Waals surface area contributed by atoms with E-state index in [0.717, 1.165) is 12.1 Å². The summed E-state index contributed by atoms with van der Waals surface area (Å²) in [5, 5.41) is 0. The number of nitrogens with zero attached hydrogens (tertiary/aromatic N) is 1. The average molecular weight is 258 g/mol. The van der Waals surface area contributed by atoms with Crippen LogP contribution in [0.5, 0.6) is 0 Å². The first-order valence-corrected chi connectivity index (χ1v) is 6.56. The summed E-state index contributed by atoms with van der Waals surface area (Å²) in [6.07, 6.45) is 3.37. The molecule has 19 heavy (non-hydrogen) atoms. The largest absolute Gasteiger partial charge is 0.324 e. The highest BCUT2D eigenvalue weighted by Crippen LogP contribution is 2.20. The van der Waals surface area contributed by atoms with Crippen molar-refractivity contribution in [1.82, 2.24) is 4.98 Å². The molecule has 3 heteroatoms. The van der Waals surface area contributed by atoms with Gasteiger partial charge in [0.25, 0.3) is 0 Å². The fourth-order valence-corrected chi connectivity index (χ4v) is 2.08. The number of hydrogen-bond acceptors (Lipinski definition) is 2. The zero-order chi connectivity index (χ0) is 13.8. The molecular weight excluding hydrogens is 239 g/mol. The summed E-state index contributed by atoms with van der Waals surface area (Å²) in [6, 6.07) is 8.97. The summed E-state index contributed by atoms with van der Waals surface area (Å²) in [4.78, 5) is 4.36. The van der Waals surface area contributed by atoms with Gasteiger partial charge in [0.2, 0.25) is 0 Å². The van der Waals surface area contributed by atoms with E-state index in [1.165, 1.54) is 5.56 Å². The summed E-state index contributed by atoms with van der Waals surface area (Å²) in [5.74, 6) is -0.208. The molecule has 0 saturated heterocycles. The Morgan fingerprint density at radius 3 is 2.68 bits per heavy atom. The lowest BCUT2D eigenvalue weighted by Crippen LogP contribution is -2.16. The van der Waals surface area contributed by atoms with Crippen molar-refractivity contribution >= 4 is 0 Å². The lowest BCUT2D eigenvalue weighted by atomic mass is 9.99. The van der Waals surface area contributed by atoms with Crippen LogP contribution in [0.1, 0.15) is 35.3 Å². The van der Waals surface area contributed by atoms with E-state index < -0.39 is 0 Å². The van der Waals surface area contributed by atoms with Gasteiger partial charge in [0, 0.05) is 29.9 Å². The summed E-state index contributed by atoms with van der Waals surface area (Å²) in [7, 11) is 0. The van der Waals surface area contributed by atoms with Crippen LogP contribution in [0.4, 0.5) is 4.39 Å². The molecule has 1 aromatic heterocycles.